The van der Waals surface area contributed by atoms with Crippen molar-refractivity contribution in [3.05, 3.63) is 48.0 Å². The average Bonchev–Trinajstić information content (AvgIpc) is 2.83. The molecule has 172 valence electrons. The minimum Gasteiger partial charge on any atom is -0.496 e. The molecule has 0 unspecified atom stereocenters. The zero-order chi connectivity index (χ0) is 22.7. The van der Waals surface area contributed by atoms with Crippen LogP contribution in [0.4, 0.5) is 0 Å². The normalized spacial score (nSPS) is 18.1. The van der Waals surface area contributed by atoms with Crippen LogP contribution in [0.2, 0.25) is 0 Å². The molecule has 0 aliphatic carbocycles. The maximum absolute atomic E-state index is 13.1. The molecular weight excluding hydrogens is 432 g/mol. The number of para-hydroxylation sites is 1. The number of fused-ring (bicyclic) bond motifs is 1. The summed E-state index contributed by atoms with van der Waals surface area (Å²) in [6, 6.07) is 12.0. The van der Waals surface area contributed by atoms with Crippen molar-refractivity contribution in [2.45, 2.75) is 30.7 Å². The number of nitrogens with zero attached hydrogens (tertiary/aromatic N) is 1. The summed E-state index contributed by atoms with van der Waals surface area (Å²) in [6.45, 7) is 3.33. The number of amides is 1. The van der Waals surface area contributed by atoms with Crippen molar-refractivity contribution in [3.63, 3.8) is 0 Å². The Kier molecular flexibility index (Phi) is 6.57. The highest BCUT2D eigenvalue weighted by molar-refractivity contribution is 7.89. The molecule has 32 heavy (non-hydrogen) atoms. The van der Waals surface area contributed by atoms with Crippen molar-refractivity contribution < 1.29 is 27.4 Å². The number of methoxy groups -OCH3 is 1. The van der Waals surface area contributed by atoms with Crippen LogP contribution in [0, 0.1) is 5.92 Å². The summed E-state index contributed by atoms with van der Waals surface area (Å²) < 4.78 is 44.0. The molecule has 1 atom stereocenters. The van der Waals surface area contributed by atoms with Crippen LogP contribution in [0.3, 0.4) is 0 Å². The van der Waals surface area contributed by atoms with E-state index in [1.54, 1.807) is 13.2 Å². The monoisotopic (exact) mass is 460 g/mol. The molecule has 1 N–H and O–H groups in total. The number of hydrogen-bond donors (Lipinski definition) is 1. The maximum Gasteiger partial charge on any atom is 0.243 e. The van der Waals surface area contributed by atoms with E-state index in [-0.39, 0.29) is 35.9 Å². The van der Waals surface area contributed by atoms with E-state index in [0.717, 1.165) is 11.3 Å². The van der Waals surface area contributed by atoms with Crippen LogP contribution in [-0.2, 0) is 14.8 Å². The summed E-state index contributed by atoms with van der Waals surface area (Å²) in [5, 5.41) is 3.04. The molecule has 0 spiro atoms. The van der Waals surface area contributed by atoms with Gasteiger partial charge in [0, 0.05) is 30.6 Å². The van der Waals surface area contributed by atoms with Crippen LogP contribution < -0.4 is 19.5 Å². The first-order chi connectivity index (χ1) is 15.4. The first kappa shape index (κ1) is 22.4. The molecule has 0 saturated carbocycles. The number of carbonyl (C=O) groups is 1. The van der Waals surface area contributed by atoms with Crippen LogP contribution >= 0.6 is 0 Å². The van der Waals surface area contributed by atoms with Gasteiger partial charge in [0.25, 0.3) is 0 Å². The van der Waals surface area contributed by atoms with Gasteiger partial charge in [0.2, 0.25) is 15.9 Å². The predicted octanol–water partition coefficient (Wildman–Crippen LogP) is 2.74. The van der Waals surface area contributed by atoms with Crippen LogP contribution in [0.5, 0.6) is 17.2 Å². The van der Waals surface area contributed by atoms with Gasteiger partial charge in [-0.25, -0.2) is 8.42 Å². The van der Waals surface area contributed by atoms with E-state index >= 15 is 0 Å². The molecule has 8 nitrogen and oxygen atoms in total. The Morgan fingerprint density at radius 1 is 1.09 bits per heavy atom. The van der Waals surface area contributed by atoms with Crippen molar-refractivity contribution >= 4 is 15.9 Å². The molecule has 2 aromatic rings. The second-order valence-corrected chi connectivity index (χ2v) is 9.89. The molecule has 1 amide bonds. The zero-order valence-electron chi connectivity index (χ0n) is 18.2. The molecule has 2 heterocycles. The van der Waals surface area contributed by atoms with Crippen LogP contribution in [0.25, 0.3) is 0 Å². The van der Waals surface area contributed by atoms with Crippen LogP contribution in [-0.4, -0.2) is 52.0 Å². The van der Waals surface area contributed by atoms with Crippen LogP contribution in [0.1, 0.15) is 31.4 Å². The maximum atomic E-state index is 13.1. The third-order valence-corrected chi connectivity index (χ3v) is 7.83. The first-order valence-corrected chi connectivity index (χ1v) is 12.2. The van der Waals surface area contributed by atoms with Gasteiger partial charge < -0.3 is 19.5 Å². The van der Waals surface area contributed by atoms with E-state index in [2.05, 4.69) is 5.32 Å². The molecule has 2 aliphatic heterocycles. The van der Waals surface area contributed by atoms with E-state index in [1.807, 2.05) is 31.2 Å². The van der Waals surface area contributed by atoms with E-state index < -0.39 is 10.0 Å². The number of nitrogens with one attached hydrogen (secondary N) is 1. The van der Waals surface area contributed by atoms with E-state index in [0.29, 0.717) is 37.6 Å². The van der Waals surface area contributed by atoms with Gasteiger partial charge in [-0.1, -0.05) is 18.2 Å². The zero-order valence-corrected chi connectivity index (χ0v) is 19.1. The number of hydrogen-bond acceptors (Lipinski definition) is 6. The Labute approximate surface area is 188 Å². The van der Waals surface area contributed by atoms with Gasteiger partial charge in [-0.2, -0.15) is 4.31 Å². The number of piperidine rings is 1. The van der Waals surface area contributed by atoms with E-state index in [4.69, 9.17) is 14.2 Å². The Bertz CT molecular complexity index is 1080. The summed E-state index contributed by atoms with van der Waals surface area (Å²) in [4.78, 5) is 13.0. The Hall–Kier alpha value is -2.78. The van der Waals surface area contributed by atoms with Crippen molar-refractivity contribution in [3.8, 4) is 17.2 Å². The molecule has 0 aromatic heterocycles. The minimum absolute atomic E-state index is 0.0696. The minimum atomic E-state index is -3.67. The lowest BCUT2D eigenvalue weighted by molar-refractivity contribution is -0.126. The standard InChI is InChI=1S/C23H28N2O6S/c1-16(19-5-3-4-6-20(19)29-2)24-23(26)17-9-11-25(12-10-17)32(27,28)18-7-8-21-22(15-18)31-14-13-30-21/h3-8,15-17H,9-14H2,1-2H3,(H,24,26)/t16-/m1/s1. The van der Waals surface area contributed by atoms with E-state index in [1.165, 1.54) is 16.4 Å². The second kappa shape index (κ2) is 9.38. The summed E-state index contributed by atoms with van der Waals surface area (Å²) in [7, 11) is -2.07. The van der Waals surface area contributed by atoms with Gasteiger partial charge in [-0.15, -0.1) is 0 Å². The Balaban J connectivity index is 1.37. The molecule has 1 fully saturated rings. The molecule has 0 bridgehead atoms. The largest absolute Gasteiger partial charge is 0.496 e. The number of benzene rings is 2. The number of rotatable bonds is 6. The van der Waals surface area contributed by atoms with Crippen LogP contribution in [0.15, 0.2) is 47.4 Å². The number of sulfonamides is 1. The molecule has 4 rings (SSSR count). The summed E-state index contributed by atoms with van der Waals surface area (Å²) in [5.41, 5.74) is 0.905. The van der Waals surface area contributed by atoms with Gasteiger partial charge in [0.15, 0.2) is 11.5 Å². The lowest BCUT2D eigenvalue weighted by Crippen LogP contribution is -2.43. The third kappa shape index (κ3) is 4.54. The molecule has 2 aromatic carbocycles. The lowest BCUT2D eigenvalue weighted by Gasteiger charge is -2.31. The summed E-state index contributed by atoms with van der Waals surface area (Å²) in [6.07, 6.45) is 0.933. The SMILES string of the molecule is COc1ccccc1[C@@H](C)NC(=O)C1CCN(S(=O)(=O)c2ccc3c(c2)OCCO3)CC1. The smallest absolute Gasteiger partial charge is 0.243 e. The van der Waals surface area contributed by atoms with E-state index in [9.17, 15) is 13.2 Å². The predicted molar refractivity (Wildman–Crippen MR) is 118 cm³/mol. The van der Waals surface area contributed by atoms with Crippen molar-refractivity contribution in [1.82, 2.24) is 9.62 Å². The lowest BCUT2D eigenvalue weighted by atomic mass is 9.96. The number of ether oxygens (including phenoxy) is 3. The quantitative estimate of drug-likeness (QED) is 0.713. The number of carbonyl (C=O) groups excluding carboxylic acids is 1. The fourth-order valence-electron chi connectivity index (χ4n) is 4.12. The molecule has 0 radical (unpaired) electrons. The average molecular weight is 461 g/mol. The van der Waals surface area contributed by atoms with Crippen molar-refractivity contribution in [1.29, 1.82) is 0 Å². The second-order valence-electron chi connectivity index (χ2n) is 7.96. The molecule has 9 heteroatoms. The van der Waals surface area contributed by atoms with Gasteiger partial charge in [0.05, 0.1) is 18.0 Å². The summed E-state index contributed by atoms with van der Waals surface area (Å²) >= 11 is 0. The fraction of sp³-hybridized carbons (Fsp3) is 0.435. The first-order valence-electron chi connectivity index (χ1n) is 10.7. The molecular formula is C23H28N2O6S. The Morgan fingerprint density at radius 2 is 1.78 bits per heavy atom. The highest BCUT2D eigenvalue weighted by Gasteiger charge is 2.33. The fourth-order valence-corrected chi connectivity index (χ4v) is 5.61. The van der Waals surface area contributed by atoms with Gasteiger partial charge in [-0.05, 0) is 38.0 Å². The summed E-state index contributed by atoms with van der Waals surface area (Å²) in [5.74, 6) is 1.41. The Morgan fingerprint density at radius 3 is 2.50 bits per heavy atom. The van der Waals surface area contributed by atoms with Gasteiger partial charge in [0.1, 0.15) is 19.0 Å². The highest BCUT2D eigenvalue weighted by atomic mass is 32.2. The topological polar surface area (TPSA) is 94.2 Å². The van der Waals surface area contributed by atoms with Crippen molar-refractivity contribution in [2.75, 3.05) is 33.4 Å². The van der Waals surface area contributed by atoms with Gasteiger partial charge >= 0.3 is 0 Å². The third-order valence-electron chi connectivity index (χ3n) is 5.94. The highest BCUT2D eigenvalue weighted by Crippen LogP contribution is 2.34. The molecule has 1 saturated heterocycles. The molecule has 2 aliphatic rings. The van der Waals surface area contributed by atoms with Gasteiger partial charge in [-0.3, -0.25) is 4.79 Å². The van der Waals surface area contributed by atoms with Crippen molar-refractivity contribution in [2.24, 2.45) is 5.92 Å².